The van der Waals surface area contributed by atoms with Gasteiger partial charge < -0.3 is 14.5 Å². The molecule has 1 saturated heterocycles. The van der Waals surface area contributed by atoms with Crippen LogP contribution in [-0.2, 0) is 22.6 Å². The summed E-state index contributed by atoms with van der Waals surface area (Å²) < 4.78 is 10.9. The highest BCUT2D eigenvalue weighted by atomic mass is 16.5. The average Bonchev–Trinajstić information content (AvgIpc) is 3.16. The highest BCUT2D eigenvalue weighted by Crippen LogP contribution is 2.20. The first-order chi connectivity index (χ1) is 13.6. The molecule has 1 aliphatic heterocycles. The number of tetrazole rings is 1. The zero-order valence-corrected chi connectivity index (χ0v) is 16.1. The van der Waals surface area contributed by atoms with Crippen molar-refractivity contribution in [2.24, 2.45) is 0 Å². The molecular weight excluding hydrogens is 360 g/mol. The smallest absolute Gasteiger partial charge is 0.204 e. The SMILES string of the molecule is COCCn1nnc(C2CN(Cc3cc(=O)c4cc(C)ccc4[nH]3)CCO2)n1. The first kappa shape index (κ1) is 18.7. The first-order valence-electron chi connectivity index (χ1n) is 9.35. The molecule has 0 saturated carbocycles. The number of pyridine rings is 1. The molecule has 2 aromatic heterocycles. The van der Waals surface area contributed by atoms with Crippen molar-refractivity contribution in [2.45, 2.75) is 26.1 Å². The van der Waals surface area contributed by atoms with E-state index < -0.39 is 0 Å². The summed E-state index contributed by atoms with van der Waals surface area (Å²) in [5, 5.41) is 13.3. The normalized spacial score (nSPS) is 18.0. The van der Waals surface area contributed by atoms with Crippen molar-refractivity contribution in [3.8, 4) is 0 Å². The summed E-state index contributed by atoms with van der Waals surface area (Å²) in [5.74, 6) is 0.572. The van der Waals surface area contributed by atoms with E-state index in [9.17, 15) is 4.79 Å². The van der Waals surface area contributed by atoms with Gasteiger partial charge in [0.05, 0.1) is 19.8 Å². The Morgan fingerprint density at radius 1 is 1.36 bits per heavy atom. The molecule has 3 aromatic rings. The maximum absolute atomic E-state index is 12.5. The van der Waals surface area contributed by atoms with Crippen LogP contribution in [0.4, 0.5) is 0 Å². The molecule has 4 rings (SSSR count). The van der Waals surface area contributed by atoms with E-state index in [1.165, 1.54) is 4.80 Å². The standard InChI is InChI=1S/C19H24N6O3/c1-13-3-4-16-15(9-13)17(26)10-14(20-16)11-24-5-8-28-18(12-24)19-21-23-25(22-19)6-7-27-2/h3-4,9-10,18H,5-8,11-12H2,1-2H3,(H,20,26). The van der Waals surface area contributed by atoms with Crippen LogP contribution in [0, 0.1) is 6.92 Å². The maximum Gasteiger partial charge on any atom is 0.204 e. The summed E-state index contributed by atoms with van der Waals surface area (Å²) in [7, 11) is 1.64. The third-order valence-corrected chi connectivity index (χ3v) is 4.84. The summed E-state index contributed by atoms with van der Waals surface area (Å²) in [4.78, 5) is 19.6. The molecule has 9 nitrogen and oxygen atoms in total. The number of aromatic nitrogens is 5. The van der Waals surface area contributed by atoms with E-state index in [4.69, 9.17) is 9.47 Å². The molecule has 1 N–H and O–H groups in total. The van der Waals surface area contributed by atoms with Crippen molar-refractivity contribution in [3.63, 3.8) is 0 Å². The lowest BCUT2D eigenvalue weighted by Gasteiger charge is -2.31. The summed E-state index contributed by atoms with van der Waals surface area (Å²) >= 11 is 0. The molecule has 0 bridgehead atoms. The van der Waals surface area contributed by atoms with Crippen molar-refractivity contribution < 1.29 is 9.47 Å². The van der Waals surface area contributed by atoms with Gasteiger partial charge in [0.15, 0.2) is 5.43 Å². The Morgan fingerprint density at radius 3 is 3.11 bits per heavy atom. The van der Waals surface area contributed by atoms with E-state index >= 15 is 0 Å². The molecule has 1 atom stereocenters. The lowest BCUT2D eigenvalue weighted by Crippen LogP contribution is -2.38. The molecule has 3 heterocycles. The topological polar surface area (TPSA) is 98.2 Å². The summed E-state index contributed by atoms with van der Waals surface area (Å²) in [5.41, 5.74) is 2.87. The molecule has 148 valence electrons. The quantitative estimate of drug-likeness (QED) is 0.678. The van der Waals surface area contributed by atoms with E-state index in [-0.39, 0.29) is 11.5 Å². The van der Waals surface area contributed by atoms with Crippen molar-refractivity contribution in [3.05, 3.63) is 51.6 Å². The van der Waals surface area contributed by atoms with Crippen LogP contribution in [0.2, 0.25) is 0 Å². The van der Waals surface area contributed by atoms with Crippen molar-refractivity contribution in [1.82, 2.24) is 30.1 Å². The number of fused-ring (bicyclic) bond motifs is 1. The zero-order chi connectivity index (χ0) is 19.5. The average molecular weight is 384 g/mol. The predicted octanol–water partition coefficient (Wildman–Crippen LogP) is 1.04. The van der Waals surface area contributed by atoms with Crippen LogP contribution in [0.15, 0.2) is 29.1 Å². The Kier molecular flexibility index (Phi) is 5.47. The van der Waals surface area contributed by atoms with Gasteiger partial charge in [-0.2, -0.15) is 4.80 Å². The van der Waals surface area contributed by atoms with Gasteiger partial charge in [0, 0.05) is 49.4 Å². The van der Waals surface area contributed by atoms with Crippen LogP contribution in [0.1, 0.15) is 23.2 Å². The van der Waals surface area contributed by atoms with Crippen LogP contribution >= 0.6 is 0 Å². The number of nitrogens with zero attached hydrogens (tertiary/aromatic N) is 5. The number of rotatable bonds is 6. The second-order valence-corrected chi connectivity index (χ2v) is 7.04. The number of benzene rings is 1. The monoisotopic (exact) mass is 384 g/mol. The van der Waals surface area contributed by atoms with Crippen molar-refractivity contribution >= 4 is 10.9 Å². The van der Waals surface area contributed by atoms with Gasteiger partial charge in [-0.25, -0.2) is 0 Å². The maximum atomic E-state index is 12.5. The molecule has 28 heavy (non-hydrogen) atoms. The Balaban J connectivity index is 1.46. The lowest BCUT2D eigenvalue weighted by atomic mass is 10.1. The minimum absolute atomic E-state index is 0.0417. The first-order valence-corrected chi connectivity index (χ1v) is 9.35. The van der Waals surface area contributed by atoms with Gasteiger partial charge >= 0.3 is 0 Å². The van der Waals surface area contributed by atoms with Gasteiger partial charge in [-0.05, 0) is 24.3 Å². The van der Waals surface area contributed by atoms with Gasteiger partial charge in [0.1, 0.15) is 6.10 Å². The number of aryl methyl sites for hydroxylation is 1. The second-order valence-electron chi connectivity index (χ2n) is 7.04. The molecule has 0 spiro atoms. The number of hydrogen-bond donors (Lipinski definition) is 1. The fraction of sp³-hybridized carbons (Fsp3) is 0.474. The van der Waals surface area contributed by atoms with E-state index in [0.29, 0.717) is 38.7 Å². The van der Waals surface area contributed by atoms with Gasteiger partial charge in [-0.15, -0.1) is 10.2 Å². The van der Waals surface area contributed by atoms with Gasteiger partial charge in [0.25, 0.3) is 0 Å². The van der Waals surface area contributed by atoms with Crippen LogP contribution in [0.5, 0.6) is 0 Å². The zero-order valence-electron chi connectivity index (χ0n) is 16.1. The minimum Gasteiger partial charge on any atom is -0.383 e. The largest absolute Gasteiger partial charge is 0.383 e. The Bertz CT molecular complexity index is 1010. The van der Waals surface area contributed by atoms with E-state index in [1.54, 1.807) is 13.2 Å². The number of hydrogen-bond acceptors (Lipinski definition) is 7. The molecule has 1 aromatic carbocycles. The molecule has 0 radical (unpaired) electrons. The van der Waals surface area contributed by atoms with E-state index in [0.717, 1.165) is 28.7 Å². The number of H-pyrrole nitrogens is 1. The highest BCUT2D eigenvalue weighted by Gasteiger charge is 2.26. The number of nitrogens with one attached hydrogen (secondary N) is 1. The van der Waals surface area contributed by atoms with Crippen LogP contribution in [-0.4, -0.2) is 63.5 Å². The Hall–Kier alpha value is -2.62. The Labute approximate surface area is 162 Å². The van der Waals surface area contributed by atoms with E-state index in [2.05, 4.69) is 25.3 Å². The fourth-order valence-corrected chi connectivity index (χ4v) is 3.40. The summed E-state index contributed by atoms with van der Waals surface area (Å²) in [6.07, 6.45) is -0.236. The van der Waals surface area contributed by atoms with E-state index in [1.807, 2.05) is 25.1 Å². The second kappa shape index (κ2) is 8.17. The molecule has 1 aliphatic rings. The van der Waals surface area contributed by atoms with Gasteiger partial charge in [0.2, 0.25) is 5.82 Å². The number of ether oxygens (including phenoxy) is 2. The molecule has 1 fully saturated rings. The third kappa shape index (κ3) is 4.11. The number of methoxy groups -OCH3 is 1. The lowest BCUT2D eigenvalue weighted by molar-refractivity contribution is -0.0377. The summed E-state index contributed by atoms with van der Waals surface area (Å²) in [6.45, 7) is 5.71. The van der Waals surface area contributed by atoms with Crippen LogP contribution < -0.4 is 5.43 Å². The fourth-order valence-electron chi connectivity index (χ4n) is 3.40. The predicted molar refractivity (Wildman–Crippen MR) is 103 cm³/mol. The number of morpholine rings is 1. The molecular formula is C19H24N6O3. The third-order valence-electron chi connectivity index (χ3n) is 4.84. The molecule has 9 heteroatoms. The van der Waals surface area contributed by atoms with Crippen LogP contribution in [0.25, 0.3) is 10.9 Å². The molecule has 0 aliphatic carbocycles. The Morgan fingerprint density at radius 2 is 2.25 bits per heavy atom. The number of aromatic amines is 1. The highest BCUT2D eigenvalue weighted by molar-refractivity contribution is 5.79. The van der Waals surface area contributed by atoms with Crippen molar-refractivity contribution in [1.29, 1.82) is 0 Å². The van der Waals surface area contributed by atoms with Gasteiger partial charge in [-0.3, -0.25) is 9.69 Å². The summed E-state index contributed by atoms with van der Waals surface area (Å²) in [6, 6.07) is 7.57. The van der Waals surface area contributed by atoms with Crippen molar-refractivity contribution in [2.75, 3.05) is 33.4 Å². The minimum atomic E-state index is -0.236. The van der Waals surface area contributed by atoms with Crippen LogP contribution in [0.3, 0.4) is 0 Å². The molecule has 1 unspecified atom stereocenters. The molecule has 0 amide bonds. The van der Waals surface area contributed by atoms with Gasteiger partial charge in [-0.1, -0.05) is 11.6 Å².